The number of benzene rings is 1. The smallest absolute Gasteiger partial charge is 0.242 e. The summed E-state index contributed by atoms with van der Waals surface area (Å²) in [5, 5.41) is 5.26. The Labute approximate surface area is 134 Å². The van der Waals surface area contributed by atoms with E-state index in [1.807, 2.05) is 13.8 Å². The minimum absolute atomic E-state index is 0.227. The Morgan fingerprint density at radius 2 is 2.00 bits per heavy atom. The lowest BCUT2D eigenvalue weighted by Crippen LogP contribution is -2.47. The van der Waals surface area contributed by atoms with Gasteiger partial charge in [-0.3, -0.25) is 9.59 Å². The topological polar surface area (TPSA) is 58.2 Å². The third-order valence-electron chi connectivity index (χ3n) is 4.07. The van der Waals surface area contributed by atoms with Crippen LogP contribution in [-0.4, -0.2) is 24.9 Å². The summed E-state index contributed by atoms with van der Waals surface area (Å²) in [7, 11) is 1.52. The number of amides is 2. The van der Waals surface area contributed by atoms with Crippen LogP contribution >= 0.6 is 0 Å². The van der Waals surface area contributed by atoms with Gasteiger partial charge in [0.15, 0.2) is 0 Å². The van der Waals surface area contributed by atoms with E-state index in [0.29, 0.717) is 12.8 Å². The predicted octanol–water partition coefficient (Wildman–Crippen LogP) is 2.35. The molecule has 23 heavy (non-hydrogen) atoms. The van der Waals surface area contributed by atoms with E-state index in [0.717, 1.165) is 18.2 Å². The number of carbonyl (C=O) groups excluding carboxylic acids is 2. The lowest BCUT2D eigenvalue weighted by molar-refractivity contribution is -0.129. The maximum atomic E-state index is 13.8. The molecule has 0 spiro atoms. The lowest BCUT2D eigenvalue weighted by Gasteiger charge is -2.19. The van der Waals surface area contributed by atoms with Crippen molar-refractivity contribution in [1.29, 1.82) is 0 Å². The van der Waals surface area contributed by atoms with E-state index in [4.69, 9.17) is 0 Å². The van der Waals surface area contributed by atoms with E-state index in [1.54, 1.807) is 0 Å². The summed E-state index contributed by atoms with van der Waals surface area (Å²) in [5.74, 6) is -2.05. The largest absolute Gasteiger partial charge is 0.357 e. The summed E-state index contributed by atoms with van der Waals surface area (Å²) in [4.78, 5) is 24.1. The fraction of sp³-hybridized carbons (Fsp3) is 0.529. The van der Waals surface area contributed by atoms with Gasteiger partial charge in [0.2, 0.25) is 11.8 Å². The third-order valence-corrected chi connectivity index (χ3v) is 4.07. The van der Waals surface area contributed by atoms with Gasteiger partial charge in [-0.1, -0.05) is 13.8 Å². The Kier molecular flexibility index (Phi) is 5.34. The normalized spacial score (nSPS) is 21.0. The molecular weight excluding hydrogens is 302 g/mol. The average Bonchev–Trinajstić information content (AvgIpc) is 3.28. The molecule has 0 unspecified atom stereocenters. The van der Waals surface area contributed by atoms with Crippen molar-refractivity contribution in [3.63, 3.8) is 0 Å². The van der Waals surface area contributed by atoms with Crippen molar-refractivity contribution in [2.75, 3.05) is 7.05 Å². The number of nitrogens with one attached hydrogen (secondary N) is 2. The molecule has 0 aliphatic heterocycles. The highest BCUT2D eigenvalue weighted by Crippen LogP contribution is 2.48. The standard InChI is InChI=1S/C17H22F2N2O2/c1-9(2)6-15(17(23)20-3)21-16(22)13-8-11(13)12-7-10(18)4-5-14(12)19/h4-5,7,9,11,13,15H,6,8H2,1-3H3,(H,20,23)(H,21,22)/t11-,13+,15+/m1/s1. The highest BCUT2D eigenvalue weighted by Gasteiger charge is 2.46. The van der Waals surface area contributed by atoms with Crippen molar-refractivity contribution in [3.05, 3.63) is 35.4 Å². The quantitative estimate of drug-likeness (QED) is 0.844. The molecular formula is C17H22F2N2O2. The summed E-state index contributed by atoms with van der Waals surface area (Å²) in [6.07, 6.45) is 0.992. The van der Waals surface area contributed by atoms with Crippen LogP contribution in [0.2, 0.25) is 0 Å². The zero-order valence-corrected chi connectivity index (χ0v) is 13.5. The molecule has 1 saturated carbocycles. The van der Waals surface area contributed by atoms with Crippen LogP contribution in [0.3, 0.4) is 0 Å². The second-order valence-electron chi connectivity index (χ2n) is 6.42. The maximum absolute atomic E-state index is 13.8. The summed E-state index contributed by atoms with van der Waals surface area (Å²) in [5.41, 5.74) is 0.227. The van der Waals surface area contributed by atoms with Gasteiger partial charge in [0.25, 0.3) is 0 Å². The Balaban J connectivity index is 2.01. The molecule has 2 N–H and O–H groups in total. The van der Waals surface area contributed by atoms with Gasteiger partial charge < -0.3 is 10.6 Å². The molecule has 1 aromatic carbocycles. The molecule has 3 atom stereocenters. The third kappa shape index (κ3) is 4.27. The first-order valence-electron chi connectivity index (χ1n) is 7.80. The molecule has 0 heterocycles. The van der Waals surface area contributed by atoms with E-state index < -0.39 is 23.6 Å². The monoisotopic (exact) mass is 324 g/mol. The van der Waals surface area contributed by atoms with Gasteiger partial charge in [-0.2, -0.15) is 0 Å². The van der Waals surface area contributed by atoms with Crippen LogP contribution in [0, 0.1) is 23.5 Å². The number of carbonyl (C=O) groups is 2. The van der Waals surface area contributed by atoms with Gasteiger partial charge in [0.1, 0.15) is 17.7 Å². The fourth-order valence-electron chi connectivity index (χ4n) is 2.78. The molecule has 126 valence electrons. The Hall–Kier alpha value is -1.98. The number of rotatable bonds is 6. The van der Waals surface area contributed by atoms with Gasteiger partial charge in [0.05, 0.1) is 0 Å². The first-order chi connectivity index (χ1) is 10.8. The summed E-state index contributed by atoms with van der Waals surface area (Å²) < 4.78 is 27.0. The van der Waals surface area contributed by atoms with E-state index in [9.17, 15) is 18.4 Å². The van der Waals surface area contributed by atoms with Crippen molar-refractivity contribution >= 4 is 11.8 Å². The van der Waals surface area contributed by atoms with Gasteiger partial charge in [0, 0.05) is 13.0 Å². The summed E-state index contributed by atoms with van der Waals surface area (Å²) in [6, 6.07) is 2.66. The molecule has 2 rings (SSSR count). The molecule has 0 radical (unpaired) electrons. The van der Waals surface area contributed by atoms with Crippen LogP contribution < -0.4 is 10.6 Å². The molecule has 0 aromatic heterocycles. The van der Waals surface area contributed by atoms with E-state index in [1.165, 1.54) is 7.05 Å². The van der Waals surface area contributed by atoms with Crippen LogP contribution in [0.5, 0.6) is 0 Å². The molecule has 1 aromatic rings. The van der Waals surface area contributed by atoms with Crippen molar-refractivity contribution in [2.45, 2.75) is 38.6 Å². The minimum atomic E-state index is -0.605. The zero-order valence-electron chi connectivity index (χ0n) is 13.5. The second-order valence-corrected chi connectivity index (χ2v) is 6.42. The molecule has 0 saturated heterocycles. The van der Waals surface area contributed by atoms with Gasteiger partial charge in [-0.15, -0.1) is 0 Å². The van der Waals surface area contributed by atoms with Crippen LogP contribution in [-0.2, 0) is 9.59 Å². The van der Waals surface area contributed by atoms with E-state index in [-0.39, 0.29) is 29.2 Å². The molecule has 1 aliphatic rings. The predicted molar refractivity (Wildman–Crippen MR) is 82.7 cm³/mol. The van der Waals surface area contributed by atoms with Crippen molar-refractivity contribution in [2.24, 2.45) is 11.8 Å². The maximum Gasteiger partial charge on any atom is 0.242 e. The number of likely N-dealkylation sites (N-methyl/N-ethyl adjacent to an activating group) is 1. The van der Waals surface area contributed by atoms with Crippen LogP contribution in [0.1, 0.15) is 38.2 Å². The number of hydrogen-bond donors (Lipinski definition) is 2. The second kappa shape index (κ2) is 7.06. The summed E-state index contributed by atoms with van der Waals surface area (Å²) in [6.45, 7) is 3.92. The SMILES string of the molecule is CNC(=O)[C@H](CC(C)C)NC(=O)[C@H]1C[C@@H]1c1cc(F)ccc1F. The molecule has 4 nitrogen and oxygen atoms in total. The van der Waals surface area contributed by atoms with E-state index in [2.05, 4.69) is 10.6 Å². The Morgan fingerprint density at radius 1 is 1.30 bits per heavy atom. The Bertz CT molecular complexity index is 604. The molecule has 6 heteroatoms. The molecule has 0 bridgehead atoms. The van der Waals surface area contributed by atoms with Gasteiger partial charge in [-0.25, -0.2) is 8.78 Å². The molecule has 1 aliphatic carbocycles. The van der Waals surface area contributed by atoms with Crippen molar-refractivity contribution in [1.82, 2.24) is 10.6 Å². The van der Waals surface area contributed by atoms with Crippen LogP contribution in [0.15, 0.2) is 18.2 Å². The van der Waals surface area contributed by atoms with E-state index >= 15 is 0 Å². The average molecular weight is 324 g/mol. The van der Waals surface area contributed by atoms with Crippen molar-refractivity contribution < 1.29 is 18.4 Å². The lowest BCUT2D eigenvalue weighted by atomic mass is 10.0. The van der Waals surface area contributed by atoms with Crippen LogP contribution in [0.4, 0.5) is 8.78 Å². The van der Waals surface area contributed by atoms with Gasteiger partial charge >= 0.3 is 0 Å². The molecule has 1 fully saturated rings. The van der Waals surface area contributed by atoms with Crippen LogP contribution in [0.25, 0.3) is 0 Å². The summed E-state index contributed by atoms with van der Waals surface area (Å²) >= 11 is 0. The molecule has 2 amide bonds. The fourth-order valence-corrected chi connectivity index (χ4v) is 2.78. The first kappa shape index (κ1) is 17.4. The van der Waals surface area contributed by atoms with Crippen molar-refractivity contribution in [3.8, 4) is 0 Å². The Morgan fingerprint density at radius 3 is 2.61 bits per heavy atom. The van der Waals surface area contributed by atoms with Gasteiger partial charge in [-0.05, 0) is 48.4 Å². The number of halogens is 2. The minimum Gasteiger partial charge on any atom is -0.357 e. The number of hydrogen-bond acceptors (Lipinski definition) is 2. The highest BCUT2D eigenvalue weighted by atomic mass is 19.1. The first-order valence-corrected chi connectivity index (χ1v) is 7.80. The zero-order chi connectivity index (χ0) is 17.1. The highest BCUT2D eigenvalue weighted by molar-refractivity contribution is 5.90.